The Morgan fingerprint density at radius 2 is 1.72 bits per heavy atom. The molecule has 2 aromatic carbocycles. The van der Waals surface area contributed by atoms with Crippen LogP contribution in [0.2, 0.25) is 0 Å². The Morgan fingerprint density at radius 1 is 1.03 bits per heavy atom. The van der Waals surface area contributed by atoms with Crippen molar-refractivity contribution in [2.75, 3.05) is 5.43 Å². The van der Waals surface area contributed by atoms with E-state index in [1.165, 1.54) is 24.1 Å². The van der Waals surface area contributed by atoms with Gasteiger partial charge in [0.2, 0.25) is 0 Å². The maximum atomic E-state index is 11.4. The molecule has 0 aromatic heterocycles. The summed E-state index contributed by atoms with van der Waals surface area (Å²) >= 11 is 0. The zero-order chi connectivity index (χ0) is 20.8. The Morgan fingerprint density at radius 3 is 2.31 bits per heavy atom. The third-order valence-electron chi connectivity index (χ3n) is 5.34. The van der Waals surface area contributed by atoms with Crippen molar-refractivity contribution < 1.29 is 9.85 Å². The number of rotatable bonds is 7. The summed E-state index contributed by atoms with van der Waals surface area (Å²) in [6, 6.07) is 11.7. The molecule has 0 aliphatic heterocycles. The maximum absolute atomic E-state index is 11.4. The van der Waals surface area contributed by atoms with Crippen LogP contribution in [-0.2, 0) is 6.42 Å². The minimum absolute atomic E-state index is 0.138. The summed E-state index contributed by atoms with van der Waals surface area (Å²) < 4.78 is 0. The lowest BCUT2D eigenvalue weighted by atomic mass is 9.83. The topological polar surface area (TPSA) is 111 Å². The van der Waals surface area contributed by atoms with Gasteiger partial charge in [-0.05, 0) is 36.5 Å². The fraction of sp³-hybridized carbons (Fsp3) is 0.381. The van der Waals surface area contributed by atoms with Crippen LogP contribution in [0, 0.1) is 26.1 Å². The van der Waals surface area contributed by atoms with Crippen molar-refractivity contribution in [1.29, 1.82) is 0 Å². The quantitative estimate of drug-likeness (QED) is 0.379. The first-order chi connectivity index (χ1) is 14.0. The maximum Gasteiger partial charge on any atom is 0.301 e. The molecule has 1 aliphatic carbocycles. The number of non-ortho nitro benzene ring substituents is 1. The molecule has 1 aliphatic rings. The lowest BCUT2D eigenvalue weighted by Crippen LogP contribution is -2.20. The average molecular weight is 396 g/mol. The zero-order valence-corrected chi connectivity index (χ0v) is 16.3. The first-order valence-corrected chi connectivity index (χ1v) is 9.85. The Kier molecular flexibility index (Phi) is 6.54. The van der Waals surface area contributed by atoms with E-state index >= 15 is 0 Å². The van der Waals surface area contributed by atoms with E-state index in [-0.39, 0.29) is 23.0 Å². The molecule has 0 radical (unpaired) electrons. The van der Waals surface area contributed by atoms with Crippen LogP contribution >= 0.6 is 0 Å². The van der Waals surface area contributed by atoms with Gasteiger partial charge in [0, 0.05) is 12.0 Å². The number of hydrogen-bond donors (Lipinski definition) is 1. The highest BCUT2D eigenvalue weighted by molar-refractivity contribution is 6.02. The predicted molar refractivity (Wildman–Crippen MR) is 112 cm³/mol. The number of benzene rings is 2. The largest absolute Gasteiger partial charge is 0.301 e. The average Bonchev–Trinajstić information content (AvgIpc) is 2.75. The standard InChI is InChI=1S/C21H24N4O4/c1-2-15-8-10-17(11-9-15)21(16-6-4-3-5-7-16)23-22-19-13-12-18(24(26)27)14-20(19)25(28)29/h8-14,16,22H,2-7H2,1H3. The monoisotopic (exact) mass is 396 g/mol. The van der Waals surface area contributed by atoms with E-state index in [0.717, 1.165) is 49.4 Å². The van der Waals surface area contributed by atoms with Gasteiger partial charge >= 0.3 is 5.69 Å². The molecule has 0 spiro atoms. The number of nitrogens with zero attached hydrogens (tertiary/aromatic N) is 3. The molecule has 152 valence electrons. The molecule has 0 unspecified atom stereocenters. The number of aryl methyl sites for hydroxylation is 1. The minimum atomic E-state index is -0.650. The molecule has 8 heteroatoms. The lowest BCUT2D eigenvalue weighted by Gasteiger charge is -2.23. The Balaban J connectivity index is 1.95. The summed E-state index contributed by atoms with van der Waals surface area (Å²) in [5, 5.41) is 26.9. The summed E-state index contributed by atoms with van der Waals surface area (Å²) in [5.41, 5.74) is 5.35. The molecular formula is C21H24N4O4. The smallest absolute Gasteiger partial charge is 0.271 e. The van der Waals surface area contributed by atoms with Crippen molar-refractivity contribution in [1.82, 2.24) is 0 Å². The molecule has 3 rings (SSSR count). The number of nitro benzene ring substituents is 2. The summed E-state index contributed by atoms with van der Waals surface area (Å²) in [6.45, 7) is 2.10. The second kappa shape index (κ2) is 9.27. The van der Waals surface area contributed by atoms with Gasteiger partial charge in [-0.3, -0.25) is 25.7 Å². The Labute approximate surface area is 168 Å². The normalized spacial score (nSPS) is 15.1. The molecule has 0 saturated heterocycles. The number of nitro groups is 2. The fourth-order valence-corrected chi connectivity index (χ4v) is 3.68. The number of nitrogens with one attached hydrogen (secondary N) is 1. The van der Waals surface area contributed by atoms with Crippen LogP contribution in [0.15, 0.2) is 47.6 Å². The van der Waals surface area contributed by atoms with Crippen molar-refractivity contribution in [2.24, 2.45) is 11.0 Å². The minimum Gasteiger partial charge on any atom is -0.271 e. The third kappa shape index (κ3) is 4.96. The fourth-order valence-electron chi connectivity index (χ4n) is 3.68. The van der Waals surface area contributed by atoms with E-state index in [2.05, 4.69) is 29.6 Å². The van der Waals surface area contributed by atoms with Gasteiger partial charge in [0.25, 0.3) is 5.69 Å². The Bertz CT molecular complexity index is 919. The van der Waals surface area contributed by atoms with E-state index < -0.39 is 9.85 Å². The highest BCUT2D eigenvalue weighted by Crippen LogP contribution is 2.31. The molecule has 1 N–H and O–H groups in total. The molecule has 0 atom stereocenters. The van der Waals surface area contributed by atoms with Gasteiger partial charge in [0.15, 0.2) is 0 Å². The number of hydrogen-bond acceptors (Lipinski definition) is 6. The summed E-state index contributed by atoms with van der Waals surface area (Å²) in [5.74, 6) is 0.279. The van der Waals surface area contributed by atoms with Crippen molar-refractivity contribution >= 4 is 22.8 Å². The van der Waals surface area contributed by atoms with Crippen LogP contribution in [0.5, 0.6) is 0 Å². The van der Waals surface area contributed by atoms with E-state index in [4.69, 9.17) is 0 Å². The third-order valence-corrected chi connectivity index (χ3v) is 5.34. The van der Waals surface area contributed by atoms with E-state index in [1.54, 1.807) is 0 Å². The van der Waals surface area contributed by atoms with Crippen LogP contribution in [0.1, 0.15) is 50.2 Å². The van der Waals surface area contributed by atoms with Crippen LogP contribution in [-0.4, -0.2) is 15.6 Å². The van der Waals surface area contributed by atoms with E-state index in [1.807, 2.05) is 12.1 Å². The molecule has 8 nitrogen and oxygen atoms in total. The van der Waals surface area contributed by atoms with Gasteiger partial charge in [-0.1, -0.05) is 50.5 Å². The molecule has 1 saturated carbocycles. The zero-order valence-electron chi connectivity index (χ0n) is 16.3. The highest BCUT2D eigenvalue weighted by atomic mass is 16.6. The number of anilines is 1. The van der Waals surface area contributed by atoms with Gasteiger partial charge in [-0.2, -0.15) is 5.10 Å². The van der Waals surface area contributed by atoms with Crippen LogP contribution in [0.25, 0.3) is 0 Å². The molecule has 0 bridgehead atoms. The second-order valence-electron chi connectivity index (χ2n) is 7.21. The van der Waals surface area contributed by atoms with Gasteiger partial charge in [0.05, 0.1) is 21.6 Å². The molecule has 1 fully saturated rings. The van der Waals surface area contributed by atoms with Crippen molar-refractivity contribution in [2.45, 2.75) is 45.4 Å². The molecule has 0 amide bonds. The van der Waals surface area contributed by atoms with Gasteiger partial charge in [0.1, 0.15) is 5.69 Å². The summed E-state index contributed by atoms with van der Waals surface area (Å²) in [6.07, 6.45) is 6.48. The van der Waals surface area contributed by atoms with Crippen LogP contribution in [0.4, 0.5) is 17.1 Å². The molecular weight excluding hydrogens is 372 g/mol. The molecule has 0 heterocycles. The van der Waals surface area contributed by atoms with Gasteiger partial charge in [-0.25, -0.2) is 0 Å². The first kappa shape index (κ1) is 20.4. The van der Waals surface area contributed by atoms with Crippen molar-refractivity contribution in [3.63, 3.8) is 0 Å². The van der Waals surface area contributed by atoms with Gasteiger partial charge < -0.3 is 0 Å². The SMILES string of the molecule is CCc1ccc(C(=NNc2ccc([N+](=O)[O-])cc2[N+](=O)[O-])C2CCCCC2)cc1. The Hall–Kier alpha value is -3.29. The predicted octanol–water partition coefficient (Wildman–Crippen LogP) is 5.46. The van der Waals surface area contributed by atoms with Gasteiger partial charge in [-0.15, -0.1) is 0 Å². The van der Waals surface area contributed by atoms with Crippen LogP contribution in [0.3, 0.4) is 0 Å². The van der Waals surface area contributed by atoms with Crippen molar-refractivity contribution in [3.05, 3.63) is 73.8 Å². The summed E-state index contributed by atoms with van der Waals surface area (Å²) in [7, 11) is 0. The molecule has 2 aromatic rings. The summed E-state index contributed by atoms with van der Waals surface area (Å²) in [4.78, 5) is 21.0. The highest BCUT2D eigenvalue weighted by Gasteiger charge is 2.23. The van der Waals surface area contributed by atoms with Crippen molar-refractivity contribution in [3.8, 4) is 0 Å². The van der Waals surface area contributed by atoms with E-state index in [9.17, 15) is 20.2 Å². The number of hydrazone groups is 1. The lowest BCUT2D eigenvalue weighted by molar-refractivity contribution is -0.393. The first-order valence-electron chi connectivity index (χ1n) is 9.85. The molecule has 29 heavy (non-hydrogen) atoms. The van der Waals surface area contributed by atoms with Crippen LogP contribution < -0.4 is 5.43 Å². The second-order valence-corrected chi connectivity index (χ2v) is 7.21. The van der Waals surface area contributed by atoms with E-state index in [0.29, 0.717) is 0 Å².